The maximum absolute atomic E-state index is 12.8. The zero-order valence-corrected chi connectivity index (χ0v) is 18.1. The van der Waals surface area contributed by atoms with Crippen molar-refractivity contribution in [1.29, 1.82) is 0 Å². The highest BCUT2D eigenvalue weighted by molar-refractivity contribution is 7.80. The van der Waals surface area contributed by atoms with Crippen molar-refractivity contribution in [2.24, 2.45) is 11.5 Å². The van der Waals surface area contributed by atoms with E-state index in [-0.39, 0.29) is 12.2 Å². The first kappa shape index (κ1) is 27.4. The van der Waals surface area contributed by atoms with E-state index in [4.69, 9.17) is 21.7 Å². The Kier molecular flexibility index (Phi) is 10.8. The van der Waals surface area contributed by atoms with Gasteiger partial charge in [-0.05, 0) is 0 Å². The molecule has 1 rings (SSSR count). The molecule has 0 aliphatic rings. The molecular weight excluding hydrogens is 462 g/mol. The van der Waals surface area contributed by atoms with Crippen LogP contribution >= 0.6 is 12.6 Å². The number of thiol groups is 1. The van der Waals surface area contributed by atoms with Crippen LogP contribution in [-0.4, -0.2) is 85.7 Å². The number of aliphatic carboxylic acids is 2. The third kappa shape index (κ3) is 9.56. The number of H-pyrrole nitrogens is 1. The average Bonchev–Trinajstić information content (AvgIpc) is 3.22. The minimum absolute atomic E-state index is 0.156. The minimum atomic E-state index is -1.67. The van der Waals surface area contributed by atoms with E-state index in [2.05, 4.69) is 38.5 Å². The lowest BCUT2D eigenvalue weighted by Crippen LogP contribution is -2.58. The number of carboxylic acid groups (broad SMARTS) is 2. The summed E-state index contributed by atoms with van der Waals surface area (Å²) >= 11 is 3.80. The summed E-state index contributed by atoms with van der Waals surface area (Å²) < 4.78 is 0. The molecular formula is C17H25N7O8S. The topological polar surface area (TPSA) is 260 Å². The molecule has 4 unspecified atom stereocenters. The van der Waals surface area contributed by atoms with Gasteiger partial charge in [0.05, 0.1) is 25.2 Å². The average molecular weight is 487 g/mol. The van der Waals surface area contributed by atoms with Gasteiger partial charge in [0.1, 0.15) is 18.1 Å². The first-order valence-corrected chi connectivity index (χ1v) is 10.1. The number of imidazole rings is 1. The quantitative estimate of drug-likeness (QED) is 0.115. The van der Waals surface area contributed by atoms with Gasteiger partial charge in [-0.15, -0.1) is 0 Å². The second-order valence-corrected chi connectivity index (χ2v) is 7.23. The van der Waals surface area contributed by atoms with Crippen molar-refractivity contribution >= 4 is 48.2 Å². The van der Waals surface area contributed by atoms with Crippen molar-refractivity contribution in [3.8, 4) is 0 Å². The molecule has 0 fully saturated rings. The summed E-state index contributed by atoms with van der Waals surface area (Å²) in [6, 6.07) is -5.82. The molecule has 0 aliphatic carbocycles. The molecule has 0 saturated heterocycles. The molecule has 1 aromatic heterocycles. The van der Waals surface area contributed by atoms with E-state index in [0.717, 1.165) is 0 Å². The number of nitrogens with two attached hydrogens (primary N) is 2. The number of aromatic amines is 1. The molecule has 1 heterocycles. The maximum Gasteiger partial charge on any atom is 0.327 e. The van der Waals surface area contributed by atoms with Crippen LogP contribution in [0.25, 0.3) is 0 Å². The lowest BCUT2D eigenvalue weighted by Gasteiger charge is -2.24. The fourth-order valence-corrected chi connectivity index (χ4v) is 2.78. The number of hydrogen-bond donors (Lipinski definition) is 9. The summed E-state index contributed by atoms with van der Waals surface area (Å²) in [7, 11) is 0. The number of aromatic nitrogens is 2. The number of carbonyl (C=O) groups excluding carboxylic acids is 4. The largest absolute Gasteiger partial charge is 0.481 e. The van der Waals surface area contributed by atoms with Crippen LogP contribution in [0, 0.1) is 0 Å². The van der Waals surface area contributed by atoms with E-state index in [9.17, 15) is 28.8 Å². The second kappa shape index (κ2) is 13.0. The van der Waals surface area contributed by atoms with Crippen molar-refractivity contribution in [2.75, 3.05) is 5.75 Å². The Hall–Kier alpha value is -3.66. The smallest absolute Gasteiger partial charge is 0.327 e. The Morgan fingerprint density at radius 2 is 1.55 bits per heavy atom. The molecule has 4 atom stereocenters. The number of nitrogens with zero attached hydrogens (tertiary/aromatic N) is 1. The molecule has 0 aliphatic heterocycles. The van der Waals surface area contributed by atoms with Crippen LogP contribution in [0.2, 0.25) is 0 Å². The van der Waals surface area contributed by atoms with Crippen LogP contribution in [0.5, 0.6) is 0 Å². The van der Waals surface area contributed by atoms with Crippen molar-refractivity contribution in [3.05, 3.63) is 18.2 Å². The summed E-state index contributed by atoms with van der Waals surface area (Å²) in [6.45, 7) is 0. The van der Waals surface area contributed by atoms with E-state index in [0.29, 0.717) is 5.69 Å². The highest BCUT2D eigenvalue weighted by Gasteiger charge is 2.31. The molecule has 0 saturated carbocycles. The molecule has 1 aromatic rings. The van der Waals surface area contributed by atoms with Gasteiger partial charge in [-0.25, -0.2) is 9.78 Å². The highest BCUT2D eigenvalue weighted by atomic mass is 32.1. The van der Waals surface area contributed by atoms with Gasteiger partial charge in [-0.3, -0.25) is 24.0 Å². The van der Waals surface area contributed by atoms with E-state index in [1.54, 1.807) is 0 Å². The Morgan fingerprint density at radius 1 is 0.970 bits per heavy atom. The molecule has 10 N–H and O–H groups in total. The Morgan fingerprint density at radius 3 is 2.03 bits per heavy atom. The number of carbonyl (C=O) groups is 6. The van der Waals surface area contributed by atoms with Crippen molar-refractivity contribution < 1.29 is 39.0 Å². The van der Waals surface area contributed by atoms with Crippen LogP contribution < -0.4 is 27.4 Å². The molecule has 0 spiro atoms. The first-order valence-electron chi connectivity index (χ1n) is 9.42. The van der Waals surface area contributed by atoms with Gasteiger partial charge in [-0.1, -0.05) is 0 Å². The van der Waals surface area contributed by atoms with Crippen LogP contribution in [0.3, 0.4) is 0 Å². The molecule has 4 amide bonds. The Bertz CT molecular complexity index is 879. The third-order valence-electron chi connectivity index (χ3n) is 4.18. The molecule has 0 radical (unpaired) electrons. The number of nitrogens with one attached hydrogen (secondary N) is 4. The predicted molar refractivity (Wildman–Crippen MR) is 114 cm³/mol. The van der Waals surface area contributed by atoms with Gasteiger partial charge in [0.15, 0.2) is 0 Å². The van der Waals surface area contributed by atoms with Crippen molar-refractivity contribution in [1.82, 2.24) is 25.9 Å². The zero-order valence-electron chi connectivity index (χ0n) is 17.2. The third-order valence-corrected chi connectivity index (χ3v) is 4.54. The fourth-order valence-electron chi connectivity index (χ4n) is 2.53. The number of carboxylic acids is 2. The Balaban J connectivity index is 3.04. The highest BCUT2D eigenvalue weighted by Crippen LogP contribution is 2.03. The second-order valence-electron chi connectivity index (χ2n) is 6.86. The summed E-state index contributed by atoms with van der Waals surface area (Å²) in [6.07, 6.45) is 1.16. The SMILES string of the molecule is NC(=O)CC(N)C(=O)NC(Cc1cnc[nH]1)C(=O)NC(CC(=O)O)C(=O)NC(CS)C(=O)O. The predicted octanol–water partition coefficient (Wildman–Crippen LogP) is -3.90. The van der Waals surface area contributed by atoms with Crippen LogP contribution in [0.1, 0.15) is 18.5 Å². The van der Waals surface area contributed by atoms with E-state index in [1.807, 2.05) is 0 Å². The summed E-state index contributed by atoms with van der Waals surface area (Å²) in [4.78, 5) is 77.3. The van der Waals surface area contributed by atoms with Crippen LogP contribution in [-0.2, 0) is 35.2 Å². The summed E-state index contributed by atoms with van der Waals surface area (Å²) in [5.41, 5.74) is 11.0. The number of rotatable bonds is 14. The molecule has 16 heteroatoms. The molecule has 182 valence electrons. The lowest BCUT2D eigenvalue weighted by atomic mass is 10.1. The minimum Gasteiger partial charge on any atom is -0.481 e. The van der Waals surface area contributed by atoms with E-state index in [1.165, 1.54) is 12.5 Å². The molecule has 0 bridgehead atoms. The van der Waals surface area contributed by atoms with Gasteiger partial charge in [0.25, 0.3) is 0 Å². The molecule has 0 aromatic carbocycles. The van der Waals surface area contributed by atoms with Gasteiger partial charge in [0.2, 0.25) is 23.6 Å². The standard InChI is InChI=1S/C17H25N7O8S/c18-8(2-12(19)25)14(28)22-9(1-7-4-20-6-21-7)15(29)23-10(3-13(26)27)16(30)24-11(5-33)17(31)32/h4,6,8-11,33H,1-3,5,18H2,(H2,19,25)(H,20,21)(H,22,28)(H,23,29)(H,24,30)(H,26,27)(H,31,32). The van der Waals surface area contributed by atoms with Crippen LogP contribution in [0.15, 0.2) is 12.5 Å². The van der Waals surface area contributed by atoms with Crippen molar-refractivity contribution in [3.63, 3.8) is 0 Å². The number of primary amides is 1. The fraction of sp³-hybridized carbons (Fsp3) is 0.471. The van der Waals surface area contributed by atoms with Crippen molar-refractivity contribution in [2.45, 2.75) is 43.4 Å². The lowest BCUT2D eigenvalue weighted by molar-refractivity contribution is -0.143. The molecule has 15 nitrogen and oxygen atoms in total. The monoisotopic (exact) mass is 487 g/mol. The van der Waals surface area contributed by atoms with Crippen LogP contribution in [0.4, 0.5) is 0 Å². The zero-order chi connectivity index (χ0) is 25.1. The van der Waals surface area contributed by atoms with E-state index < -0.39 is 72.6 Å². The summed E-state index contributed by atoms with van der Waals surface area (Å²) in [5, 5.41) is 24.7. The van der Waals surface area contributed by atoms with Gasteiger partial charge in [-0.2, -0.15) is 12.6 Å². The molecule has 33 heavy (non-hydrogen) atoms. The summed E-state index contributed by atoms with van der Waals surface area (Å²) in [5.74, 6) is -6.94. The first-order chi connectivity index (χ1) is 15.4. The number of hydrogen-bond acceptors (Lipinski definition) is 9. The Labute approximate surface area is 192 Å². The van der Waals surface area contributed by atoms with Gasteiger partial charge < -0.3 is 42.6 Å². The normalized spacial score (nSPS) is 14.2. The van der Waals surface area contributed by atoms with Gasteiger partial charge in [0, 0.05) is 24.1 Å². The van der Waals surface area contributed by atoms with Gasteiger partial charge >= 0.3 is 11.9 Å². The van der Waals surface area contributed by atoms with E-state index >= 15 is 0 Å². The number of amides is 4. The maximum atomic E-state index is 12.8.